The number of halogens is 4. The first-order valence-electron chi connectivity index (χ1n) is 7.55. The van der Waals surface area contributed by atoms with Crippen LogP contribution in [0.25, 0.3) is 5.69 Å². The molecule has 0 aliphatic heterocycles. The third-order valence-electron chi connectivity index (χ3n) is 3.62. The number of alkyl halides is 3. The largest absolute Gasteiger partial charge is 0.416 e. The quantitative estimate of drug-likeness (QED) is 0.687. The molecule has 0 bridgehead atoms. The number of hydrogen-bond acceptors (Lipinski definition) is 2. The molecule has 0 radical (unpaired) electrons. The zero-order valence-electron chi connectivity index (χ0n) is 13.5. The van der Waals surface area contributed by atoms with E-state index in [9.17, 15) is 18.0 Å². The smallest absolute Gasteiger partial charge is 0.321 e. The van der Waals surface area contributed by atoms with Gasteiger partial charge in [0.2, 0.25) is 0 Å². The van der Waals surface area contributed by atoms with Gasteiger partial charge in [-0.25, -0.2) is 4.68 Å². The number of carbonyl (C=O) groups is 1. The van der Waals surface area contributed by atoms with Crippen molar-refractivity contribution in [3.05, 3.63) is 76.6 Å². The summed E-state index contributed by atoms with van der Waals surface area (Å²) in [5.74, 6) is -0.485. The summed E-state index contributed by atoms with van der Waals surface area (Å²) in [5.41, 5.74) is 0.545. The molecule has 0 fully saturated rings. The van der Waals surface area contributed by atoms with Gasteiger partial charge in [0.25, 0.3) is 5.91 Å². The summed E-state index contributed by atoms with van der Waals surface area (Å²) in [6.45, 7) is 1.66. The molecule has 0 spiro atoms. The molecule has 0 saturated carbocycles. The highest BCUT2D eigenvalue weighted by Gasteiger charge is 2.30. The van der Waals surface area contributed by atoms with Crippen molar-refractivity contribution < 1.29 is 18.0 Å². The summed E-state index contributed by atoms with van der Waals surface area (Å²) in [7, 11) is 0. The predicted molar refractivity (Wildman–Crippen MR) is 92.7 cm³/mol. The maximum absolute atomic E-state index is 12.9. The number of rotatable bonds is 3. The molecule has 4 nitrogen and oxygen atoms in total. The number of amides is 1. The molecule has 3 rings (SSSR count). The normalized spacial score (nSPS) is 11.4. The third-order valence-corrected chi connectivity index (χ3v) is 3.86. The van der Waals surface area contributed by atoms with Crippen molar-refractivity contribution in [2.75, 3.05) is 5.32 Å². The molecule has 0 saturated heterocycles. The molecule has 8 heteroatoms. The standard InChI is InChI=1S/C18H13ClF3N3O/c1-11-8-16(17(26)23-14-6-3-5-13(19)10-14)24-25(11)15-7-2-4-12(9-15)18(20,21)22/h2-10H,1H3,(H,23,26). The maximum atomic E-state index is 12.9. The van der Waals surface area contributed by atoms with E-state index in [1.807, 2.05) is 0 Å². The molecule has 1 aromatic heterocycles. The van der Waals surface area contributed by atoms with Gasteiger partial charge in [-0.3, -0.25) is 4.79 Å². The summed E-state index contributed by atoms with van der Waals surface area (Å²) < 4.78 is 40.0. The van der Waals surface area contributed by atoms with E-state index < -0.39 is 17.6 Å². The molecule has 1 amide bonds. The van der Waals surface area contributed by atoms with Crippen molar-refractivity contribution in [3.63, 3.8) is 0 Å². The van der Waals surface area contributed by atoms with E-state index in [0.717, 1.165) is 12.1 Å². The van der Waals surface area contributed by atoms with Crippen LogP contribution in [0, 0.1) is 6.92 Å². The van der Waals surface area contributed by atoms with Gasteiger partial charge >= 0.3 is 6.18 Å². The number of aryl methyl sites for hydroxylation is 1. The van der Waals surface area contributed by atoms with E-state index in [4.69, 9.17) is 11.6 Å². The van der Waals surface area contributed by atoms with Crippen molar-refractivity contribution in [2.45, 2.75) is 13.1 Å². The molecule has 134 valence electrons. The van der Waals surface area contributed by atoms with Gasteiger partial charge in [-0.1, -0.05) is 23.7 Å². The van der Waals surface area contributed by atoms with Gasteiger partial charge in [-0.2, -0.15) is 18.3 Å². The molecule has 26 heavy (non-hydrogen) atoms. The van der Waals surface area contributed by atoms with Crippen LogP contribution in [0.3, 0.4) is 0 Å². The average molecular weight is 380 g/mol. The van der Waals surface area contributed by atoms with Crippen LogP contribution in [-0.4, -0.2) is 15.7 Å². The second-order valence-corrected chi connectivity index (χ2v) is 6.03. The van der Waals surface area contributed by atoms with Crippen molar-refractivity contribution in [2.24, 2.45) is 0 Å². The lowest BCUT2D eigenvalue weighted by Crippen LogP contribution is -2.13. The van der Waals surface area contributed by atoms with Crippen LogP contribution in [0.1, 0.15) is 21.7 Å². The number of nitrogens with zero attached hydrogens (tertiary/aromatic N) is 2. The summed E-state index contributed by atoms with van der Waals surface area (Å²) in [6.07, 6.45) is -4.45. The Balaban J connectivity index is 1.89. The fourth-order valence-electron chi connectivity index (χ4n) is 2.42. The fraction of sp³-hybridized carbons (Fsp3) is 0.111. The van der Waals surface area contributed by atoms with Gasteiger partial charge in [0.05, 0.1) is 11.3 Å². The highest BCUT2D eigenvalue weighted by molar-refractivity contribution is 6.30. The Hall–Kier alpha value is -2.80. The molecule has 0 aliphatic carbocycles. The lowest BCUT2D eigenvalue weighted by Gasteiger charge is -2.09. The number of nitrogens with one attached hydrogen (secondary N) is 1. The molecule has 2 aromatic carbocycles. The predicted octanol–water partition coefficient (Wildman–Crippen LogP) is 5.11. The Kier molecular flexibility index (Phi) is 4.73. The van der Waals surface area contributed by atoms with Crippen molar-refractivity contribution in [3.8, 4) is 5.69 Å². The van der Waals surface area contributed by atoms with Gasteiger partial charge in [0.1, 0.15) is 0 Å². The molecular weight excluding hydrogens is 367 g/mol. The van der Waals surface area contributed by atoms with Crippen LogP contribution in [0.2, 0.25) is 5.02 Å². The Bertz CT molecular complexity index is 966. The topological polar surface area (TPSA) is 46.9 Å². The molecular formula is C18H13ClF3N3O. The zero-order chi connectivity index (χ0) is 18.9. The summed E-state index contributed by atoms with van der Waals surface area (Å²) in [6, 6.07) is 12.9. The fourth-order valence-corrected chi connectivity index (χ4v) is 2.61. The monoisotopic (exact) mass is 379 g/mol. The zero-order valence-corrected chi connectivity index (χ0v) is 14.3. The van der Waals surface area contributed by atoms with E-state index in [-0.39, 0.29) is 11.4 Å². The average Bonchev–Trinajstić information content (AvgIpc) is 2.96. The first kappa shape index (κ1) is 18.0. The third kappa shape index (κ3) is 3.88. The van der Waals surface area contributed by atoms with Crippen molar-refractivity contribution >= 4 is 23.2 Å². The van der Waals surface area contributed by atoms with Gasteiger partial charge in [0.15, 0.2) is 5.69 Å². The van der Waals surface area contributed by atoms with Gasteiger partial charge < -0.3 is 5.32 Å². The minimum atomic E-state index is -4.45. The summed E-state index contributed by atoms with van der Waals surface area (Å²) >= 11 is 5.87. The highest BCUT2D eigenvalue weighted by Crippen LogP contribution is 2.30. The van der Waals surface area contributed by atoms with Crippen molar-refractivity contribution in [1.82, 2.24) is 9.78 Å². The van der Waals surface area contributed by atoms with Crippen LogP contribution in [0.5, 0.6) is 0 Å². The number of benzene rings is 2. The minimum Gasteiger partial charge on any atom is -0.321 e. The first-order chi connectivity index (χ1) is 12.2. The number of hydrogen-bond donors (Lipinski definition) is 1. The Morgan fingerprint density at radius 2 is 1.85 bits per heavy atom. The Morgan fingerprint density at radius 1 is 1.12 bits per heavy atom. The number of aromatic nitrogens is 2. The SMILES string of the molecule is Cc1cc(C(=O)Nc2cccc(Cl)c2)nn1-c1cccc(C(F)(F)F)c1. The highest BCUT2D eigenvalue weighted by atomic mass is 35.5. The molecule has 0 aliphatic rings. The minimum absolute atomic E-state index is 0.0832. The van der Waals surface area contributed by atoms with Gasteiger partial charge in [0, 0.05) is 16.4 Å². The van der Waals surface area contributed by atoms with Gasteiger partial charge in [-0.15, -0.1) is 0 Å². The van der Waals surface area contributed by atoms with Crippen molar-refractivity contribution in [1.29, 1.82) is 0 Å². The van der Waals surface area contributed by atoms with E-state index in [1.165, 1.54) is 22.9 Å². The van der Waals surface area contributed by atoms with Crippen LogP contribution in [-0.2, 0) is 6.18 Å². The van der Waals surface area contributed by atoms with E-state index >= 15 is 0 Å². The molecule has 1 N–H and O–H groups in total. The molecule has 1 heterocycles. The summed E-state index contributed by atoms with van der Waals surface area (Å²) in [4.78, 5) is 12.3. The maximum Gasteiger partial charge on any atom is 0.416 e. The van der Waals surface area contributed by atoms with Crippen LogP contribution in [0.15, 0.2) is 54.6 Å². The number of carbonyl (C=O) groups excluding carboxylic acids is 1. The van der Waals surface area contributed by atoms with Crippen LogP contribution < -0.4 is 5.32 Å². The van der Waals surface area contributed by atoms with Crippen LogP contribution in [0.4, 0.5) is 18.9 Å². The van der Waals surface area contributed by atoms with E-state index in [1.54, 1.807) is 31.2 Å². The molecule has 0 atom stereocenters. The summed E-state index contributed by atoms with van der Waals surface area (Å²) in [5, 5.41) is 7.24. The Morgan fingerprint density at radius 3 is 2.54 bits per heavy atom. The Labute approximate surface area is 152 Å². The first-order valence-corrected chi connectivity index (χ1v) is 7.93. The van der Waals surface area contributed by atoms with Gasteiger partial charge in [-0.05, 0) is 49.4 Å². The second-order valence-electron chi connectivity index (χ2n) is 5.60. The molecule has 0 unspecified atom stereocenters. The number of anilines is 1. The second kappa shape index (κ2) is 6.84. The lowest BCUT2D eigenvalue weighted by molar-refractivity contribution is -0.137. The van der Waals surface area contributed by atoms with E-state index in [0.29, 0.717) is 16.4 Å². The van der Waals surface area contributed by atoms with E-state index in [2.05, 4.69) is 10.4 Å². The lowest BCUT2D eigenvalue weighted by atomic mass is 10.2. The molecule has 3 aromatic rings. The van der Waals surface area contributed by atoms with Crippen LogP contribution >= 0.6 is 11.6 Å².